The molecule has 1 fully saturated rings. The molecule has 0 unspecified atom stereocenters. The van der Waals surface area contributed by atoms with Crippen LogP contribution in [0.4, 0.5) is 5.88 Å². The van der Waals surface area contributed by atoms with Gasteiger partial charge in [0.05, 0.1) is 31.3 Å². The van der Waals surface area contributed by atoms with Gasteiger partial charge in [0.1, 0.15) is 5.58 Å². The summed E-state index contributed by atoms with van der Waals surface area (Å²) in [6, 6.07) is 4.54. The molecule has 2 aromatic rings. The second-order valence-electron chi connectivity index (χ2n) is 5.19. The minimum Gasteiger partial charge on any atom is -0.465 e. The van der Waals surface area contributed by atoms with Crippen LogP contribution >= 0.6 is 0 Å². The summed E-state index contributed by atoms with van der Waals surface area (Å²) in [4.78, 5) is 26.2. The first-order valence-electron chi connectivity index (χ1n) is 7.29. The summed E-state index contributed by atoms with van der Waals surface area (Å²) in [6.45, 7) is 6.25. The highest BCUT2D eigenvalue weighted by Crippen LogP contribution is 2.25. The predicted molar refractivity (Wildman–Crippen MR) is 86.9 cm³/mol. The smallest absolute Gasteiger partial charge is 0.337 e. The van der Waals surface area contributed by atoms with Crippen LogP contribution in [0.2, 0.25) is 0 Å². The summed E-state index contributed by atoms with van der Waals surface area (Å²) in [7, 11) is 1.30. The van der Waals surface area contributed by atoms with Crippen LogP contribution in [0, 0.1) is 0 Å². The highest BCUT2D eigenvalue weighted by molar-refractivity contribution is 5.97. The van der Waals surface area contributed by atoms with Crippen LogP contribution in [0.25, 0.3) is 17.0 Å². The van der Waals surface area contributed by atoms with Crippen molar-refractivity contribution in [1.82, 2.24) is 0 Å². The second-order valence-corrected chi connectivity index (χ2v) is 5.19. The standard InChI is InChI=1S/C17H17NO5/c1-3-11-8-12(17(20)21-2)9-13-14(19)10-15(23-16(11)13)18-4-6-22-7-5-18/h3,8-10H,1,4-7H2,2H3. The van der Waals surface area contributed by atoms with Crippen LogP contribution in [0.15, 0.2) is 34.0 Å². The molecule has 3 rings (SSSR count). The number of carbonyl (C=O) groups excluding carboxylic acids is 1. The van der Waals surface area contributed by atoms with E-state index in [0.717, 1.165) is 0 Å². The average molecular weight is 315 g/mol. The van der Waals surface area contributed by atoms with E-state index < -0.39 is 5.97 Å². The molecule has 6 heteroatoms. The van der Waals surface area contributed by atoms with Crippen molar-refractivity contribution in [3.8, 4) is 0 Å². The molecule has 6 nitrogen and oxygen atoms in total. The van der Waals surface area contributed by atoms with Crippen molar-refractivity contribution < 1.29 is 18.7 Å². The highest BCUT2D eigenvalue weighted by Gasteiger charge is 2.18. The third-order valence-electron chi connectivity index (χ3n) is 3.81. The molecule has 0 atom stereocenters. The molecule has 1 aliphatic rings. The van der Waals surface area contributed by atoms with Gasteiger partial charge in [-0.15, -0.1) is 0 Å². The zero-order valence-corrected chi connectivity index (χ0v) is 12.8. The van der Waals surface area contributed by atoms with Crippen molar-refractivity contribution in [2.45, 2.75) is 0 Å². The lowest BCUT2D eigenvalue weighted by Crippen LogP contribution is -2.36. The normalized spacial score (nSPS) is 14.7. The van der Waals surface area contributed by atoms with Gasteiger partial charge in [-0.1, -0.05) is 12.7 Å². The molecule has 1 aliphatic heterocycles. The van der Waals surface area contributed by atoms with Crippen molar-refractivity contribution in [3.05, 3.63) is 46.1 Å². The Morgan fingerprint density at radius 3 is 2.70 bits per heavy atom. The van der Waals surface area contributed by atoms with E-state index in [9.17, 15) is 9.59 Å². The molecular formula is C17H17NO5. The van der Waals surface area contributed by atoms with Gasteiger partial charge in [-0.3, -0.25) is 4.79 Å². The number of hydrogen-bond acceptors (Lipinski definition) is 6. The summed E-state index contributed by atoms with van der Waals surface area (Å²) in [5.74, 6) is -0.00799. The van der Waals surface area contributed by atoms with Crippen molar-refractivity contribution in [2.75, 3.05) is 38.3 Å². The number of methoxy groups -OCH3 is 1. The first-order chi connectivity index (χ1) is 11.1. The molecule has 0 N–H and O–H groups in total. The zero-order chi connectivity index (χ0) is 16.4. The van der Waals surface area contributed by atoms with Crippen LogP contribution in [-0.2, 0) is 9.47 Å². The molecule has 0 amide bonds. The van der Waals surface area contributed by atoms with Gasteiger partial charge in [-0.2, -0.15) is 0 Å². The fraction of sp³-hybridized carbons (Fsp3) is 0.294. The number of morpholine rings is 1. The van der Waals surface area contributed by atoms with Crippen molar-refractivity contribution in [3.63, 3.8) is 0 Å². The summed E-state index contributed by atoms with van der Waals surface area (Å²) >= 11 is 0. The van der Waals surface area contributed by atoms with E-state index in [4.69, 9.17) is 13.9 Å². The third kappa shape index (κ3) is 2.85. The maximum Gasteiger partial charge on any atom is 0.337 e. The van der Waals surface area contributed by atoms with Gasteiger partial charge >= 0.3 is 5.97 Å². The lowest BCUT2D eigenvalue weighted by Gasteiger charge is -2.27. The molecule has 0 bridgehead atoms. The summed E-state index contributed by atoms with van der Waals surface area (Å²) in [6.07, 6.45) is 1.56. The molecule has 0 radical (unpaired) electrons. The Kier molecular flexibility index (Phi) is 4.16. The number of hydrogen-bond donors (Lipinski definition) is 0. The van der Waals surface area contributed by atoms with Crippen LogP contribution in [0.5, 0.6) is 0 Å². The summed E-state index contributed by atoms with van der Waals surface area (Å²) in [5.41, 5.74) is 1.08. The first-order valence-corrected chi connectivity index (χ1v) is 7.29. The first kappa shape index (κ1) is 15.3. The average Bonchev–Trinajstić information content (AvgIpc) is 2.61. The quantitative estimate of drug-likeness (QED) is 0.808. The third-order valence-corrected chi connectivity index (χ3v) is 3.81. The number of nitrogens with zero attached hydrogens (tertiary/aromatic N) is 1. The van der Waals surface area contributed by atoms with Crippen molar-refractivity contribution in [1.29, 1.82) is 0 Å². The Bertz CT molecular complexity index is 818. The van der Waals surface area contributed by atoms with Gasteiger partial charge < -0.3 is 18.8 Å². The van der Waals surface area contributed by atoms with E-state index in [2.05, 4.69) is 6.58 Å². The monoisotopic (exact) mass is 315 g/mol. The Labute approximate surface area is 132 Å². The van der Waals surface area contributed by atoms with Crippen LogP contribution in [0.3, 0.4) is 0 Å². The van der Waals surface area contributed by atoms with E-state index in [1.165, 1.54) is 19.2 Å². The lowest BCUT2D eigenvalue weighted by molar-refractivity contribution is 0.0601. The Morgan fingerprint density at radius 2 is 2.04 bits per heavy atom. The van der Waals surface area contributed by atoms with Crippen LogP contribution < -0.4 is 10.3 Å². The Balaban J connectivity index is 2.18. The molecule has 120 valence electrons. The van der Waals surface area contributed by atoms with Gasteiger partial charge in [-0.05, 0) is 12.1 Å². The maximum absolute atomic E-state index is 12.5. The van der Waals surface area contributed by atoms with Gasteiger partial charge in [0.25, 0.3) is 0 Å². The number of rotatable bonds is 3. The fourth-order valence-electron chi connectivity index (χ4n) is 2.60. The van der Waals surface area contributed by atoms with E-state index in [1.807, 2.05) is 4.90 Å². The molecule has 0 aliphatic carbocycles. The topological polar surface area (TPSA) is 69.0 Å². The largest absolute Gasteiger partial charge is 0.465 e. The Hall–Kier alpha value is -2.60. The van der Waals surface area contributed by atoms with E-state index in [0.29, 0.717) is 54.3 Å². The molecule has 2 heterocycles. The molecule has 0 saturated carbocycles. The predicted octanol–water partition coefficient (Wildman–Crippen LogP) is 2.06. The van der Waals surface area contributed by atoms with Crippen molar-refractivity contribution >= 4 is 28.9 Å². The number of anilines is 1. The van der Waals surface area contributed by atoms with Crippen LogP contribution in [-0.4, -0.2) is 39.4 Å². The van der Waals surface area contributed by atoms with Gasteiger partial charge in [0.15, 0.2) is 11.3 Å². The molecule has 1 aromatic carbocycles. The summed E-state index contributed by atoms with van der Waals surface area (Å²) in [5, 5.41) is 0.333. The Morgan fingerprint density at radius 1 is 1.30 bits per heavy atom. The lowest BCUT2D eigenvalue weighted by atomic mass is 10.1. The van der Waals surface area contributed by atoms with E-state index in [1.54, 1.807) is 12.1 Å². The number of benzene rings is 1. The number of fused-ring (bicyclic) bond motifs is 1. The number of carbonyl (C=O) groups is 1. The van der Waals surface area contributed by atoms with Crippen LogP contribution in [0.1, 0.15) is 15.9 Å². The zero-order valence-electron chi connectivity index (χ0n) is 12.8. The maximum atomic E-state index is 12.5. The minimum absolute atomic E-state index is 0.207. The van der Waals surface area contributed by atoms with Crippen molar-refractivity contribution in [2.24, 2.45) is 0 Å². The SMILES string of the molecule is C=Cc1cc(C(=O)OC)cc2c(=O)cc(N3CCOCC3)oc12. The van der Waals surface area contributed by atoms with E-state index >= 15 is 0 Å². The summed E-state index contributed by atoms with van der Waals surface area (Å²) < 4.78 is 15.9. The fourth-order valence-corrected chi connectivity index (χ4v) is 2.60. The number of esters is 1. The minimum atomic E-state index is -0.508. The number of ether oxygens (including phenoxy) is 2. The molecule has 1 saturated heterocycles. The molecular weight excluding hydrogens is 298 g/mol. The van der Waals surface area contributed by atoms with E-state index in [-0.39, 0.29) is 5.43 Å². The molecule has 0 spiro atoms. The highest BCUT2D eigenvalue weighted by atomic mass is 16.5. The van der Waals surface area contributed by atoms with Gasteiger partial charge in [-0.25, -0.2) is 4.79 Å². The van der Waals surface area contributed by atoms with Gasteiger partial charge in [0, 0.05) is 24.7 Å². The molecule has 1 aromatic heterocycles. The van der Waals surface area contributed by atoms with Gasteiger partial charge in [0.2, 0.25) is 0 Å². The molecule has 23 heavy (non-hydrogen) atoms. The second kappa shape index (κ2) is 6.26.